The van der Waals surface area contributed by atoms with Gasteiger partial charge in [0.25, 0.3) is 0 Å². The third-order valence-electron chi connectivity index (χ3n) is 5.50. The molecule has 4 atom stereocenters. The zero-order chi connectivity index (χ0) is 27.3. The fourth-order valence-electron chi connectivity index (χ4n) is 3.65. The topological polar surface area (TPSA) is 291 Å². The van der Waals surface area contributed by atoms with Crippen molar-refractivity contribution in [2.24, 2.45) is 38.7 Å². The van der Waals surface area contributed by atoms with Crippen LogP contribution in [0, 0.1) is 0 Å². The molecule has 1 rings (SSSR count). The van der Waals surface area contributed by atoms with Gasteiger partial charge in [-0.1, -0.05) is 0 Å². The van der Waals surface area contributed by atoms with Gasteiger partial charge in [0.2, 0.25) is 17.7 Å². The summed E-state index contributed by atoms with van der Waals surface area (Å²) in [5.74, 6) is -3.41. The lowest BCUT2D eigenvalue weighted by molar-refractivity contribution is -0.145. The summed E-state index contributed by atoms with van der Waals surface area (Å²) in [7, 11) is 0. The van der Waals surface area contributed by atoms with E-state index in [0.717, 1.165) is 0 Å². The lowest BCUT2D eigenvalue weighted by Crippen LogP contribution is -2.57. The maximum absolute atomic E-state index is 13.0. The van der Waals surface area contributed by atoms with Crippen molar-refractivity contribution >= 4 is 35.6 Å². The maximum atomic E-state index is 13.0. The van der Waals surface area contributed by atoms with E-state index in [2.05, 4.69) is 20.6 Å². The van der Waals surface area contributed by atoms with Crippen molar-refractivity contribution < 1.29 is 29.4 Å². The highest BCUT2D eigenvalue weighted by atomic mass is 16.4. The number of nitrogens with one attached hydrogen (secondary N) is 2. The zero-order valence-electron chi connectivity index (χ0n) is 20.1. The summed E-state index contributed by atoms with van der Waals surface area (Å²) in [6.07, 6.45) is 1.84. The van der Waals surface area contributed by atoms with Gasteiger partial charge in [-0.2, -0.15) is 0 Å². The standard InChI is InChI=1S/C20H38N10O6/c21-11(4-1-7-26-19(22)23)15(32)29-13(10-31)17(34)30-9-3-6-14(30)16(33)28-12(18(35)36)5-2-8-27-20(24)25/h11-14,31H,1-10,21H2,(H,28,33)(H,29,32)(H,35,36)(H4,22,23,26)(H4,24,25,27). The first kappa shape index (κ1) is 30.4. The van der Waals surface area contributed by atoms with Crippen molar-refractivity contribution in [3.05, 3.63) is 0 Å². The molecule has 204 valence electrons. The van der Waals surface area contributed by atoms with Gasteiger partial charge in [-0.15, -0.1) is 0 Å². The summed E-state index contributed by atoms with van der Waals surface area (Å²) in [4.78, 5) is 58.6. The van der Waals surface area contributed by atoms with Crippen molar-refractivity contribution in [3.8, 4) is 0 Å². The Morgan fingerprint density at radius 2 is 1.53 bits per heavy atom. The molecule has 1 aliphatic heterocycles. The second kappa shape index (κ2) is 15.4. The lowest BCUT2D eigenvalue weighted by Gasteiger charge is -2.29. The number of hydrogen-bond donors (Lipinski definition) is 9. The van der Waals surface area contributed by atoms with Crippen LogP contribution in [0.2, 0.25) is 0 Å². The number of hydrogen-bond acceptors (Lipinski definition) is 8. The number of amides is 3. The molecule has 0 aromatic rings. The van der Waals surface area contributed by atoms with E-state index >= 15 is 0 Å². The Kier molecular flexibility index (Phi) is 13.0. The molecule has 0 aromatic carbocycles. The molecule has 16 nitrogen and oxygen atoms in total. The zero-order valence-corrected chi connectivity index (χ0v) is 20.1. The summed E-state index contributed by atoms with van der Waals surface area (Å²) in [5.41, 5.74) is 26.8. The number of likely N-dealkylation sites (tertiary alicyclic amines) is 1. The molecule has 1 saturated heterocycles. The van der Waals surface area contributed by atoms with Crippen molar-refractivity contribution in [1.82, 2.24) is 15.5 Å². The number of aliphatic hydroxyl groups excluding tert-OH is 1. The Hall–Kier alpha value is -3.66. The number of carboxylic acids is 1. The van der Waals surface area contributed by atoms with Crippen LogP contribution in [0.4, 0.5) is 0 Å². The van der Waals surface area contributed by atoms with Crippen molar-refractivity contribution in [1.29, 1.82) is 0 Å². The monoisotopic (exact) mass is 514 g/mol. The molecule has 16 heteroatoms. The Labute approximate surface area is 208 Å². The number of carbonyl (C=O) groups is 4. The lowest BCUT2D eigenvalue weighted by atomic mass is 10.1. The van der Waals surface area contributed by atoms with Gasteiger partial charge in [-0.25, -0.2) is 4.79 Å². The first-order valence-corrected chi connectivity index (χ1v) is 11.6. The van der Waals surface area contributed by atoms with Crippen molar-refractivity contribution in [2.45, 2.75) is 62.7 Å². The molecule has 14 N–H and O–H groups in total. The van der Waals surface area contributed by atoms with E-state index in [-0.39, 0.29) is 44.4 Å². The largest absolute Gasteiger partial charge is 0.480 e. The second-order valence-electron chi connectivity index (χ2n) is 8.34. The van der Waals surface area contributed by atoms with Gasteiger partial charge in [0, 0.05) is 19.6 Å². The third kappa shape index (κ3) is 10.3. The third-order valence-corrected chi connectivity index (χ3v) is 5.50. The molecule has 0 spiro atoms. The van der Waals surface area contributed by atoms with E-state index in [1.807, 2.05) is 0 Å². The first-order chi connectivity index (χ1) is 17.0. The number of rotatable bonds is 15. The summed E-state index contributed by atoms with van der Waals surface area (Å²) in [6, 6.07) is -4.43. The summed E-state index contributed by atoms with van der Waals surface area (Å²) < 4.78 is 0. The number of aliphatic imine (C=N–C) groups is 2. The SMILES string of the molecule is NC(N)=NCCCC(N)C(=O)NC(CO)C(=O)N1CCCC1C(=O)NC(CCCN=C(N)N)C(=O)O. The number of carboxylic acid groups (broad SMARTS) is 1. The fraction of sp³-hybridized carbons (Fsp3) is 0.700. The molecular weight excluding hydrogens is 476 g/mol. The van der Waals surface area contributed by atoms with Crippen LogP contribution >= 0.6 is 0 Å². The van der Waals surface area contributed by atoms with E-state index in [1.54, 1.807) is 0 Å². The minimum atomic E-state index is -1.32. The van der Waals surface area contributed by atoms with E-state index < -0.39 is 54.5 Å². The number of aliphatic hydroxyl groups is 1. The predicted molar refractivity (Wildman–Crippen MR) is 131 cm³/mol. The molecule has 4 unspecified atom stereocenters. The summed E-state index contributed by atoms with van der Waals surface area (Å²) >= 11 is 0. The van der Waals surface area contributed by atoms with Gasteiger partial charge in [-0.3, -0.25) is 24.4 Å². The molecule has 1 fully saturated rings. The highest BCUT2D eigenvalue weighted by molar-refractivity contribution is 5.94. The minimum Gasteiger partial charge on any atom is -0.480 e. The molecule has 0 aliphatic carbocycles. The Balaban J connectivity index is 2.72. The summed E-state index contributed by atoms with van der Waals surface area (Å²) in [5, 5.41) is 24.0. The highest BCUT2D eigenvalue weighted by Gasteiger charge is 2.38. The highest BCUT2D eigenvalue weighted by Crippen LogP contribution is 2.19. The number of aliphatic carboxylic acids is 1. The van der Waals surface area contributed by atoms with E-state index in [0.29, 0.717) is 25.7 Å². The second-order valence-corrected chi connectivity index (χ2v) is 8.34. The number of carbonyl (C=O) groups excluding carboxylic acids is 3. The van der Waals surface area contributed by atoms with Crippen LogP contribution in [0.5, 0.6) is 0 Å². The van der Waals surface area contributed by atoms with Gasteiger partial charge in [0.1, 0.15) is 18.1 Å². The molecule has 0 aromatic heterocycles. The van der Waals surface area contributed by atoms with E-state index in [1.165, 1.54) is 4.90 Å². The van der Waals surface area contributed by atoms with Gasteiger partial charge >= 0.3 is 5.97 Å². The van der Waals surface area contributed by atoms with E-state index in [4.69, 9.17) is 28.7 Å². The molecule has 1 aliphatic rings. The Morgan fingerprint density at radius 1 is 0.944 bits per heavy atom. The normalized spacial score (nSPS) is 17.4. The smallest absolute Gasteiger partial charge is 0.326 e. The molecule has 36 heavy (non-hydrogen) atoms. The molecule has 1 heterocycles. The average molecular weight is 515 g/mol. The van der Waals surface area contributed by atoms with Crippen LogP contribution in [0.15, 0.2) is 9.98 Å². The number of nitrogens with two attached hydrogens (primary N) is 5. The molecule has 0 radical (unpaired) electrons. The van der Waals surface area contributed by atoms with Gasteiger partial charge in [-0.05, 0) is 38.5 Å². The summed E-state index contributed by atoms with van der Waals surface area (Å²) in [6.45, 7) is -0.0268. The molecule has 3 amide bonds. The minimum absolute atomic E-state index is 0.0783. The van der Waals surface area contributed by atoms with Crippen LogP contribution in [0.1, 0.15) is 38.5 Å². The van der Waals surface area contributed by atoms with Crippen LogP contribution in [-0.4, -0.2) is 101 Å². The fourth-order valence-corrected chi connectivity index (χ4v) is 3.65. The number of nitrogens with zero attached hydrogens (tertiary/aromatic N) is 3. The van der Waals surface area contributed by atoms with Crippen LogP contribution in [-0.2, 0) is 19.2 Å². The van der Waals surface area contributed by atoms with Crippen LogP contribution < -0.4 is 39.3 Å². The predicted octanol–water partition coefficient (Wildman–Crippen LogP) is -4.54. The van der Waals surface area contributed by atoms with Crippen LogP contribution in [0.3, 0.4) is 0 Å². The Morgan fingerprint density at radius 3 is 2.06 bits per heavy atom. The van der Waals surface area contributed by atoms with E-state index in [9.17, 15) is 29.4 Å². The van der Waals surface area contributed by atoms with Crippen molar-refractivity contribution in [2.75, 3.05) is 26.2 Å². The quantitative estimate of drug-likeness (QED) is 0.0569. The average Bonchev–Trinajstić information content (AvgIpc) is 3.31. The first-order valence-electron chi connectivity index (χ1n) is 11.6. The van der Waals surface area contributed by atoms with Crippen LogP contribution in [0.25, 0.3) is 0 Å². The molecular formula is C20H38N10O6. The van der Waals surface area contributed by atoms with Gasteiger partial charge in [0.15, 0.2) is 11.9 Å². The number of guanidine groups is 2. The van der Waals surface area contributed by atoms with Gasteiger partial charge in [0.05, 0.1) is 12.6 Å². The van der Waals surface area contributed by atoms with Crippen molar-refractivity contribution in [3.63, 3.8) is 0 Å². The maximum Gasteiger partial charge on any atom is 0.326 e. The van der Waals surface area contributed by atoms with Gasteiger partial charge < -0.3 is 54.4 Å². The molecule has 0 bridgehead atoms. The Bertz CT molecular complexity index is 828. The molecule has 0 saturated carbocycles.